The summed E-state index contributed by atoms with van der Waals surface area (Å²) in [5, 5.41) is 54.3. The summed E-state index contributed by atoms with van der Waals surface area (Å²) in [5.74, 6) is -0.724. The highest BCUT2D eigenvalue weighted by Crippen LogP contribution is 2.26. The molecule has 0 saturated carbocycles. The van der Waals surface area contributed by atoms with E-state index in [1.54, 1.807) is 6.08 Å². The lowest BCUT2D eigenvalue weighted by atomic mass is 9.99. The summed E-state index contributed by atoms with van der Waals surface area (Å²) in [7, 11) is -5.10. The fourth-order valence-corrected chi connectivity index (χ4v) is 5.81. The highest BCUT2D eigenvalue weighted by Gasteiger charge is 2.48. The van der Waals surface area contributed by atoms with Crippen LogP contribution < -0.4 is 5.32 Å². The Morgan fingerprint density at radius 1 is 0.837 bits per heavy atom. The van der Waals surface area contributed by atoms with Gasteiger partial charge in [0.1, 0.15) is 30.5 Å². The van der Waals surface area contributed by atoms with Crippen LogP contribution in [0.2, 0.25) is 0 Å². The van der Waals surface area contributed by atoms with E-state index in [-0.39, 0.29) is 6.42 Å². The Bertz CT molecular complexity index is 1050. The van der Waals surface area contributed by atoms with Crippen molar-refractivity contribution in [3.05, 3.63) is 36.5 Å². The van der Waals surface area contributed by atoms with Crippen LogP contribution in [0.15, 0.2) is 36.5 Å². The molecule has 1 rings (SSSR count). The average Bonchev–Trinajstić information content (AvgIpc) is 3.06. The van der Waals surface area contributed by atoms with E-state index in [1.165, 1.54) is 25.3 Å². The molecule has 1 saturated heterocycles. The number of aliphatic hydroxyl groups is 5. The summed E-state index contributed by atoms with van der Waals surface area (Å²) in [5.41, 5.74) is 0. The molecule has 0 aromatic rings. The smallest absolute Gasteiger partial charge is 0.394 e. The van der Waals surface area contributed by atoms with Gasteiger partial charge in [0.2, 0.25) is 5.91 Å². The summed E-state index contributed by atoms with van der Waals surface area (Å²) in [6.45, 7) is 2.95. The molecule has 0 bridgehead atoms. The van der Waals surface area contributed by atoms with E-state index in [2.05, 4.69) is 40.7 Å². The minimum absolute atomic E-state index is 0.228. The van der Waals surface area contributed by atoms with Crippen molar-refractivity contribution < 1.29 is 57.0 Å². The van der Waals surface area contributed by atoms with Crippen molar-refractivity contribution in [2.45, 2.75) is 166 Å². The second-order valence-corrected chi connectivity index (χ2v) is 13.6. The minimum Gasteiger partial charge on any atom is -0.394 e. The second kappa shape index (κ2) is 27.0. The summed E-state index contributed by atoms with van der Waals surface area (Å²) in [4.78, 5) is 12.9. The molecule has 1 heterocycles. The summed E-state index contributed by atoms with van der Waals surface area (Å²) < 4.78 is 46.9. The van der Waals surface area contributed by atoms with Gasteiger partial charge in [-0.2, -0.15) is 8.42 Å². The first-order chi connectivity index (χ1) is 23.4. The van der Waals surface area contributed by atoms with Gasteiger partial charge in [-0.05, 0) is 44.9 Å². The van der Waals surface area contributed by atoms with Gasteiger partial charge in [-0.3, -0.25) is 9.35 Å². The first kappa shape index (κ1) is 45.3. The lowest BCUT2D eigenvalue weighted by Crippen LogP contribution is -2.61. The van der Waals surface area contributed by atoms with Crippen LogP contribution in [0, 0.1) is 0 Å². The topological polar surface area (TPSA) is 212 Å². The van der Waals surface area contributed by atoms with E-state index in [0.29, 0.717) is 12.8 Å². The molecule has 0 aromatic carbocycles. The first-order valence-electron chi connectivity index (χ1n) is 18.0. The quantitative estimate of drug-likeness (QED) is 0.0350. The number of unbranched alkanes of at least 4 members (excludes halogenated alkanes) is 11. The van der Waals surface area contributed by atoms with Crippen LogP contribution in [0.3, 0.4) is 0 Å². The number of hydrogen-bond acceptors (Lipinski definition) is 11. The number of aliphatic hydroxyl groups excluding tert-OH is 5. The van der Waals surface area contributed by atoms with Gasteiger partial charge in [-0.25, -0.2) is 4.18 Å². The van der Waals surface area contributed by atoms with E-state index in [9.17, 15) is 38.7 Å². The predicted octanol–water partition coefficient (Wildman–Crippen LogP) is 3.79. The molecule has 8 unspecified atom stereocenters. The molecule has 0 spiro atoms. The van der Waals surface area contributed by atoms with Gasteiger partial charge >= 0.3 is 10.4 Å². The number of allylic oxidation sites excluding steroid dienone is 5. The van der Waals surface area contributed by atoms with Crippen LogP contribution >= 0.6 is 0 Å². The largest absolute Gasteiger partial charge is 0.397 e. The maximum atomic E-state index is 12.9. The van der Waals surface area contributed by atoms with Gasteiger partial charge in [0.05, 0.1) is 25.4 Å². The van der Waals surface area contributed by atoms with Crippen molar-refractivity contribution in [1.82, 2.24) is 5.32 Å². The fourth-order valence-electron chi connectivity index (χ4n) is 5.30. The van der Waals surface area contributed by atoms with E-state index in [4.69, 9.17) is 14.0 Å². The average molecular weight is 722 g/mol. The number of carbonyl (C=O) groups excluding carboxylic acids is 1. The van der Waals surface area contributed by atoms with Gasteiger partial charge in [-0.1, -0.05) is 108 Å². The molecule has 1 aliphatic heterocycles. The third-order valence-corrected chi connectivity index (χ3v) is 8.74. The minimum atomic E-state index is -5.10. The number of nitrogens with one attached hydrogen (secondary N) is 1. The van der Waals surface area contributed by atoms with Crippen LogP contribution in [0.4, 0.5) is 0 Å². The van der Waals surface area contributed by atoms with Crippen LogP contribution in [0.1, 0.15) is 117 Å². The zero-order valence-electron chi connectivity index (χ0n) is 29.4. The van der Waals surface area contributed by atoms with Crippen molar-refractivity contribution in [3.8, 4) is 0 Å². The molecule has 1 fully saturated rings. The van der Waals surface area contributed by atoms with Crippen LogP contribution in [0.25, 0.3) is 0 Å². The molecule has 0 aliphatic carbocycles. The molecule has 7 N–H and O–H groups in total. The maximum Gasteiger partial charge on any atom is 0.397 e. The zero-order chi connectivity index (χ0) is 36.5. The molecule has 1 aliphatic rings. The van der Waals surface area contributed by atoms with Gasteiger partial charge < -0.3 is 40.3 Å². The van der Waals surface area contributed by atoms with Gasteiger partial charge in [0.25, 0.3) is 0 Å². The monoisotopic (exact) mass is 721 g/mol. The van der Waals surface area contributed by atoms with Crippen LogP contribution in [0.5, 0.6) is 0 Å². The van der Waals surface area contributed by atoms with E-state index < -0.39 is 78.5 Å². The molecule has 0 aromatic heterocycles. The Labute approximate surface area is 293 Å². The summed E-state index contributed by atoms with van der Waals surface area (Å²) in [6, 6.07) is -1.12. The first-order valence-corrected chi connectivity index (χ1v) is 19.3. The SMILES string of the molecule is CCCC/C=C/C(O)C(COC1OC(CO)C(O)C(OS(=O)(=O)O)C1O)NC(=O)C(O)CCCCCCCC/C=C\C/C=C\CCCCC. The van der Waals surface area contributed by atoms with Crippen molar-refractivity contribution in [2.75, 3.05) is 13.2 Å². The second-order valence-electron chi connectivity index (χ2n) is 12.6. The van der Waals surface area contributed by atoms with Crippen molar-refractivity contribution in [2.24, 2.45) is 0 Å². The molecular formula is C35H63NO12S. The Balaban J connectivity index is 2.56. The normalized spacial score (nSPS) is 23.8. The summed E-state index contributed by atoms with van der Waals surface area (Å²) in [6.07, 6.45) is 16.2. The van der Waals surface area contributed by atoms with E-state index in [1.807, 2.05) is 6.92 Å². The Morgan fingerprint density at radius 3 is 2.04 bits per heavy atom. The predicted molar refractivity (Wildman–Crippen MR) is 187 cm³/mol. The lowest BCUT2D eigenvalue weighted by molar-refractivity contribution is -0.298. The third-order valence-electron chi connectivity index (χ3n) is 8.27. The highest BCUT2D eigenvalue weighted by molar-refractivity contribution is 7.80. The molecule has 0 radical (unpaired) electrons. The standard InChI is InChI=1S/C35H63NO12S/c1-3-5-7-9-10-11-12-13-14-15-16-17-18-19-20-22-24-29(39)34(42)36-27(28(38)23-21-8-6-4-2)26-46-35-32(41)33(48-49(43,44)45)31(40)30(25-37)47-35/h10-11,13-14,21,23,27-33,35,37-41H,3-9,12,15-20,22,24-26H2,1-2H3,(H,36,42)(H,43,44,45)/b11-10-,14-13-,23-21+. The number of amides is 1. The van der Waals surface area contributed by atoms with Crippen LogP contribution in [-0.2, 0) is 28.9 Å². The number of ether oxygens (including phenoxy) is 2. The molecule has 14 heteroatoms. The van der Waals surface area contributed by atoms with Crippen molar-refractivity contribution in [3.63, 3.8) is 0 Å². The molecule has 8 atom stereocenters. The van der Waals surface area contributed by atoms with Crippen LogP contribution in [-0.4, -0.2) is 107 Å². The van der Waals surface area contributed by atoms with E-state index in [0.717, 1.165) is 64.2 Å². The molecule has 49 heavy (non-hydrogen) atoms. The Kier molecular flexibility index (Phi) is 25.0. The molecule has 1 amide bonds. The summed E-state index contributed by atoms with van der Waals surface area (Å²) >= 11 is 0. The third kappa shape index (κ3) is 20.7. The van der Waals surface area contributed by atoms with Gasteiger partial charge in [0, 0.05) is 0 Å². The number of hydrogen-bond donors (Lipinski definition) is 7. The maximum absolute atomic E-state index is 12.9. The zero-order valence-corrected chi connectivity index (χ0v) is 30.2. The number of rotatable bonds is 28. The Hall–Kier alpha value is -1.72. The Morgan fingerprint density at radius 2 is 1.43 bits per heavy atom. The molecular weight excluding hydrogens is 658 g/mol. The van der Waals surface area contributed by atoms with Crippen molar-refractivity contribution in [1.29, 1.82) is 0 Å². The molecule has 13 nitrogen and oxygen atoms in total. The van der Waals surface area contributed by atoms with Gasteiger partial charge in [0.15, 0.2) is 6.29 Å². The molecule has 286 valence electrons. The fraction of sp³-hybridized carbons (Fsp3) is 0.800. The van der Waals surface area contributed by atoms with Crippen molar-refractivity contribution >= 4 is 16.3 Å². The highest BCUT2D eigenvalue weighted by atomic mass is 32.3. The van der Waals surface area contributed by atoms with E-state index >= 15 is 0 Å². The lowest BCUT2D eigenvalue weighted by Gasteiger charge is -2.41. The van der Waals surface area contributed by atoms with Gasteiger partial charge in [-0.15, -0.1) is 0 Å². The number of carbonyl (C=O) groups is 1.